The minimum Gasteiger partial charge on any atom is -0.480 e. The average Bonchev–Trinajstić information content (AvgIpc) is 3.38. The van der Waals surface area contributed by atoms with Crippen molar-refractivity contribution >= 4 is 29.6 Å². The zero-order valence-corrected chi connectivity index (χ0v) is 14.4. The summed E-state index contributed by atoms with van der Waals surface area (Å²) >= 11 is 0. The van der Waals surface area contributed by atoms with E-state index in [1.54, 1.807) is 0 Å². The predicted octanol–water partition coefficient (Wildman–Crippen LogP) is 1.41. The molecule has 7 nitrogen and oxygen atoms in total. The van der Waals surface area contributed by atoms with Crippen LogP contribution in [0.4, 0.5) is 0 Å². The largest absolute Gasteiger partial charge is 0.480 e. The van der Waals surface area contributed by atoms with Crippen LogP contribution >= 0.6 is 0 Å². The van der Waals surface area contributed by atoms with Gasteiger partial charge in [-0.15, -0.1) is 0 Å². The van der Waals surface area contributed by atoms with E-state index in [9.17, 15) is 14.4 Å². The molecule has 2 saturated carbocycles. The third kappa shape index (κ3) is 2.27. The van der Waals surface area contributed by atoms with Crippen LogP contribution in [-0.4, -0.2) is 46.2 Å². The number of carboxylic acids is 1. The Hall–Kier alpha value is -2.96. The number of hydrogen-bond acceptors (Lipinski definition) is 5. The fourth-order valence-corrected chi connectivity index (χ4v) is 5.39. The first kappa shape index (κ1) is 16.2. The lowest BCUT2D eigenvalue weighted by atomic mass is 9.72. The zero-order valence-electron chi connectivity index (χ0n) is 14.4. The molecule has 2 heterocycles. The first-order chi connectivity index (χ1) is 13.1. The maximum atomic E-state index is 12.7. The molecule has 138 valence electrons. The second-order valence-electron chi connectivity index (χ2n) is 7.63. The summed E-state index contributed by atoms with van der Waals surface area (Å²) in [6, 6.07) is 9.84. The third-order valence-electron chi connectivity index (χ3n) is 6.35. The number of amides is 2. The first-order valence-electron chi connectivity index (χ1n) is 9.10. The fourth-order valence-electron chi connectivity index (χ4n) is 5.39. The van der Waals surface area contributed by atoms with Gasteiger partial charge in [-0.2, -0.15) is 0 Å². The van der Waals surface area contributed by atoms with Gasteiger partial charge >= 0.3 is 5.97 Å². The average molecular weight is 366 g/mol. The van der Waals surface area contributed by atoms with Crippen LogP contribution in [0.25, 0.3) is 6.08 Å². The highest BCUT2D eigenvalue weighted by Gasteiger charge is 2.70. The number of imide groups is 1. The standard InChI is InChI=1S/C20H18N2O5/c23-14(24)9-22-19(25)16-11-8-12(17(16)20(22)26)18-15(11)13(21-27-18)7-6-10-4-2-1-3-5-10/h1-7,11-12,15-18H,8-9H2,(H,23,24)/t11-,12-,15-,16-,17+,18-/m1/s1. The number of fused-ring (bicyclic) bond motifs is 8. The summed E-state index contributed by atoms with van der Waals surface area (Å²) in [5.41, 5.74) is 1.84. The van der Waals surface area contributed by atoms with Crippen LogP contribution in [0.3, 0.4) is 0 Å². The second-order valence-corrected chi connectivity index (χ2v) is 7.63. The molecule has 0 aromatic heterocycles. The SMILES string of the molecule is O=C(O)CN1C(=O)[C@@H]2[C@@H]3C[C@@H]([C@H]4ON=C(C=Cc5ccccc5)[C@@H]34)[C@@H]2C1=O. The van der Waals surface area contributed by atoms with Crippen LogP contribution < -0.4 is 0 Å². The molecule has 1 aromatic carbocycles. The molecular formula is C20H18N2O5. The van der Waals surface area contributed by atoms with Gasteiger partial charge in [-0.25, -0.2) is 0 Å². The number of oxime groups is 1. The maximum Gasteiger partial charge on any atom is 0.323 e. The van der Waals surface area contributed by atoms with E-state index < -0.39 is 24.3 Å². The molecular weight excluding hydrogens is 348 g/mol. The Bertz CT molecular complexity index is 893. The number of hydrogen-bond donors (Lipinski definition) is 1. The Morgan fingerprint density at radius 3 is 2.52 bits per heavy atom. The summed E-state index contributed by atoms with van der Waals surface area (Å²) in [4.78, 5) is 43.0. The monoisotopic (exact) mass is 366 g/mol. The lowest BCUT2D eigenvalue weighted by Gasteiger charge is -2.29. The van der Waals surface area contributed by atoms with Crippen molar-refractivity contribution in [2.75, 3.05) is 6.54 Å². The topological polar surface area (TPSA) is 96.3 Å². The molecule has 0 radical (unpaired) electrons. The van der Waals surface area contributed by atoms with Crippen LogP contribution in [-0.2, 0) is 19.2 Å². The van der Waals surface area contributed by atoms with E-state index in [0.29, 0.717) is 0 Å². The van der Waals surface area contributed by atoms with E-state index in [0.717, 1.165) is 22.6 Å². The van der Waals surface area contributed by atoms with Gasteiger partial charge in [0.15, 0.2) is 0 Å². The van der Waals surface area contributed by atoms with Gasteiger partial charge in [0, 0.05) is 11.8 Å². The molecule has 3 fully saturated rings. The molecule has 1 saturated heterocycles. The molecule has 7 heteroatoms. The molecule has 2 amide bonds. The molecule has 0 unspecified atom stereocenters. The highest BCUT2D eigenvalue weighted by Crippen LogP contribution is 2.61. The first-order valence-corrected chi connectivity index (χ1v) is 9.10. The van der Waals surface area contributed by atoms with Crippen molar-refractivity contribution in [1.29, 1.82) is 0 Å². The number of carbonyl (C=O) groups is 3. The molecule has 4 aliphatic rings. The minimum atomic E-state index is -1.17. The van der Waals surface area contributed by atoms with Gasteiger partial charge in [-0.05, 0) is 24.0 Å². The second kappa shape index (κ2) is 5.77. The van der Waals surface area contributed by atoms with E-state index >= 15 is 0 Å². The van der Waals surface area contributed by atoms with E-state index in [1.807, 2.05) is 42.5 Å². The lowest BCUT2D eigenvalue weighted by molar-refractivity contribution is -0.150. The van der Waals surface area contributed by atoms with Crippen LogP contribution in [0.15, 0.2) is 41.6 Å². The van der Waals surface area contributed by atoms with Gasteiger partial charge in [0.2, 0.25) is 11.8 Å². The van der Waals surface area contributed by atoms with Gasteiger partial charge in [0.25, 0.3) is 0 Å². The molecule has 6 atom stereocenters. The van der Waals surface area contributed by atoms with Crippen molar-refractivity contribution in [3.63, 3.8) is 0 Å². The lowest BCUT2D eigenvalue weighted by Crippen LogP contribution is -2.40. The third-order valence-corrected chi connectivity index (χ3v) is 6.35. The van der Waals surface area contributed by atoms with Gasteiger partial charge in [-0.1, -0.05) is 41.6 Å². The summed E-state index contributed by atoms with van der Waals surface area (Å²) in [5.74, 6) is -2.91. The quantitative estimate of drug-likeness (QED) is 0.813. The molecule has 2 aliphatic heterocycles. The van der Waals surface area contributed by atoms with Crippen molar-refractivity contribution in [2.24, 2.45) is 34.7 Å². The number of rotatable bonds is 4. The number of nitrogens with zero attached hydrogens (tertiary/aromatic N) is 2. The number of likely N-dealkylation sites (tertiary alicyclic amines) is 1. The van der Waals surface area contributed by atoms with Crippen LogP contribution in [0.5, 0.6) is 0 Å². The van der Waals surface area contributed by atoms with E-state index in [2.05, 4.69) is 5.16 Å². The zero-order chi connectivity index (χ0) is 18.7. The van der Waals surface area contributed by atoms with Crippen molar-refractivity contribution in [3.05, 3.63) is 42.0 Å². The highest BCUT2D eigenvalue weighted by molar-refractivity contribution is 6.09. The molecule has 1 aromatic rings. The van der Waals surface area contributed by atoms with Crippen molar-refractivity contribution in [1.82, 2.24) is 4.90 Å². The predicted molar refractivity (Wildman–Crippen MR) is 94.2 cm³/mol. The minimum absolute atomic E-state index is 0.0160. The molecule has 2 aliphatic carbocycles. The molecule has 0 spiro atoms. The Morgan fingerprint density at radius 1 is 1.11 bits per heavy atom. The van der Waals surface area contributed by atoms with E-state index in [1.165, 1.54) is 0 Å². The molecule has 5 rings (SSSR count). The Kier molecular flexibility index (Phi) is 3.47. The molecule has 27 heavy (non-hydrogen) atoms. The number of carboxylic acid groups (broad SMARTS) is 1. The van der Waals surface area contributed by atoms with Gasteiger partial charge in [0.05, 0.1) is 17.5 Å². The Balaban J connectivity index is 1.40. The van der Waals surface area contributed by atoms with Crippen LogP contribution in [0, 0.1) is 29.6 Å². The number of benzene rings is 1. The van der Waals surface area contributed by atoms with Crippen molar-refractivity contribution < 1.29 is 24.3 Å². The Labute approximate surface area is 155 Å². The van der Waals surface area contributed by atoms with Gasteiger partial charge < -0.3 is 9.94 Å². The highest BCUT2D eigenvalue weighted by atomic mass is 16.6. The number of aliphatic carboxylic acids is 1. The Morgan fingerprint density at radius 2 is 1.81 bits per heavy atom. The molecule has 1 N–H and O–H groups in total. The summed E-state index contributed by atoms with van der Waals surface area (Å²) in [6.45, 7) is -0.560. The van der Waals surface area contributed by atoms with E-state index in [4.69, 9.17) is 9.94 Å². The van der Waals surface area contributed by atoms with Crippen molar-refractivity contribution in [2.45, 2.75) is 12.5 Å². The maximum absolute atomic E-state index is 12.7. The number of allylic oxidation sites excluding steroid dienone is 1. The summed E-state index contributed by atoms with van der Waals surface area (Å²) in [6.07, 6.45) is 4.44. The summed E-state index contributed by atoms with van der Waals surface area (Å²) in [7, 11) is 0. The summed E-state index contributed by atoms with van der Waals surface area (Å²) < 4.78 is 0. The smallest absolute Gasteiger partial charge is 0.323 e. The normalized spacial score (nSPS) is 36.1. The van der Waals surface area contributed by atoms with E-state index in [-0.39, 0.29) is 35.7 Å². The molecule has 2 bridgehead atoms. The number of carbonyl (C=O) groups excluding carboxylic acids is 2. The fraction of sp³-hybridized carbons (Fsp3) is 0.400. The van der Waals surface area contributed by atoms with Crippen LogP contribution in [0.1, 0.15) is 12.0 Å². The van der Waals surface area contributed by atoms with Crippen molar-refractivity contribution in [3.8, 4) is 0 Å². The van der Waals surface area contributed by atoms with Crippen LogP contribution in [0.2, 0.25) is 0 Å². The van der Waals surface area contributed by atoms with Gasteiger partial charge in [-0.3, -0.25) is 19.3 Å². The summed E-state index contributed by atoms with van der Waals surface area (Å²) in [5, 5.41) is 13.2. The van der Waals surface area contributed by atoms with Gasteiger partial charge in [0.1, 0.15) is 12.6 Å².